The fraction of sp³-hybridized carbons (Fsp3) is 0.100. The van der Waals surface area contributed by atoms with Crippen LogP contribution in [0.3, 0.4) is 0 Å². The van der Waals surface area contributed by atoms with Crippen LogP contribution in [-0.2, 0) is 7.05 Å². The third-order valence-corrected chi connectivity index (χ3v) is 4.76. The second-order valence-electron chi connectivity index (χ2n) is 6.50. The number of H-pyrrole nitrogens is 1. The highest BCUT2D eigenvalue weighted by atomic mass is 16.1. The largest absolute Gasteiger partial charge is 0.345 e. The van der Waals surface area contributed by atoms with E-state index in [1.54, 1.807) is 12.4 Å². The fourth-order valence-electron chi connectivity index (χ4n) is 3.18. The second kappa shape index (κ2) is 6.05. The second-order valence-corrected chi connectivity index (χ2v) is 6.50. The van der Waals surface area contributed by atoms with Crippen molar-refractivity contribution in [2.75, 3.05) is 0 Å². The predicted molar refractivity (Wildman–Crippen MR) is 106 cm³/mol. The van der Waals surface area contributed by atoms with Crippen LogP contribution in [0.5, 0.6) is 0 Å². The van der Waals surface area contributed by atoms with Crippen LogP contribution in [0.1, 0.15) is 5.82 Å². The standard InChI is InChI=1S/C20H15N7O/c1-11-25-26-20(27(11)2)18-16(23-17-15(28)7-9-22-19(17)24-18)13-5-6-14-12(10-13)4-3-8-21-14/h3-10H,1-2H3,(H,22,24,28). The number of aromatic nitrogens is 7. The van der Waals surface area contributed by atoms with Gasteiger partial charge in [-0.1, -0.05) is 12.1 Å². The van der Waals surface area contributed by atoms with Crippen molar-refractivity contribution in [2.24, 2.45) is 7.05 Å². The van der Waals surface area contributed by atoms with E-state index in [2.05, 4.69) is 30.1 Å². The molecule has 1 N–H and O–H groups in total. The minimum Gasteiger partial charge on any atom is -0.345 e. The van der Waals surface area contributed by atoms with Gasteiger partial charge in [-0.3, -0.25) is 9.78 Å². The number of aryl methyl sites for hydroxylation is 1. The molecule has 5 aromatic rings. The summed E-state index contributed by atoms with van der Waals surface area (Å²) in [4.78, 5) is 29.0. The molecule has 0 aliphatic carbocycles. The Morgan fingerprint density at radius 2 is 1.93 bits per heavy atom. The van der Waals surface area contributed by atoms with Crippen molar-refractivity contribution in [1.29, 1.82) is 0 Å². The van der Waals surface area contributed by atoms with Crippen molar-refractivity contribution in [1.82, 2.24) is 34.7 Å². The zero-order valence-electron chi connectivity index (χ0n) is 15.2. The molecule has 136 valence electrons. The van der Waals surface area contributed by atoms with Gasteiger partial charge in [0, 0.05) is 36.5 Å². The van der Waals surface area contributed by atoms with Gasteiger partial charge in [-0.2, -0.15) is 0 Å². The molecule has 0 fully saturated rings. The molecule has 8 nitrogen and oxygen atoms in total. The quantitative estimate of drug-likeness (QED) is 0.513. The molecule has 0 spiro atoms. The van der Waals surface area contributed by atoms with Crippen molar-refractivity contribution >= 4 is 22.1 Å². The third kappa shape index (κ3) is 2.46. The lowest BCUT2D eigenvalue weighted by Gasteiger charge is -2.10. The van der Waals surface area contributed by atoms with E-state index in [9.17, 15) is 4.79 Å². The monoisotopic (exact) mass is 369 g/mol. The first-order valence-electron chi connectivity index (χ1n) is 8.73. The highest BCUT2D eigenvalue weighted by Gasteiger charge is 2.19. The molecule has 4 aromatic heterocycles. The number of nitrogens with zero attached hydrogens (tertiary/aromatic N) is 6. The van der Waals surface area contributed by atoms with Crippen LogP contribution in [0, 0.1) is 6.92 Å². The highest BCUT2D eigenvalue weighted by molar-refractivity contribution is 5.88. The normalized spacial score (nSPS) is 11.4. The molecule has 4 heterocycles. The van der Waals surface area contributed by atoms with Gasteiger partial charge in [0.05, 0.1) is 5.52 Å². The Morgan fingerprint density at radius 1 is 1.04 bits per heavy atom. The number of aromatic amines is 1. The zero-order chi connectivity index (χ0) is 19.3. The lowest BCUT2D eigenvalue weighted by atomic mass is 10.1. The molecule has 1 aromatic carbocycles. The van der Waals surface area contributed by atoms with E-state index in [-0.39, 0.29) is 10.9 Å². The van der Waals surface area contributed by atoms with Gasteiger partial charge >= 0.3 is 0 Å². The molecular formula is C20H15N7O. The molecule has 0 amide bonds. The molecule has 0 atom stereocenters. The average molecular weight is 369 g/mol. The number of pyridine rings is 2. The topological polar surface area (TPSA) is 102 Å². The number of benzene rings is 1. The summed E-state index contributed by atoms with van der Waals surface area (Å²) in [6.07, 6.45) is 3.32. The average Bonchev–Trinajstić information content (AvgIpc) is 3.05. The summed E-state index contributed by atoms with van der Waals surface area (Å²) in [5.74, 6) is 1.34. The van der Waals surface area contributed by atoms with Crippen LogP contribution in [0.2, 0.25) is 0 Å². The predicted octanol–water partition coefficient (Wildman–Crippen LogP) is 2.64. The van der Waals surface area contributed by atoms with Crippen LogP contribution < -0.4 is 5.43 Å². The highest BCUT2D eigenvalue weighted by Crippen LogP contribution is 2.30. The van der Waals surface area contributed by atoms with Gasteiger partial charge in [0.25, 0.3) is 0 Å². The fourth-order valence-corrected chi connectivity index (χ4v) is 3.18. The van der Waals surface area contributed by atoms with Crippen molar-refractivity contribution in [2.45, 2.75) is 6.92 Å². The number of hydrogen-bond acceptors (Lipinski definition) is 6. The summed E-state index contributed by atoms with van der Waals surface area (Å²) < 4.78 is 1.85. The molecule has 0 unspecified atom stereocenters. The Bertz CT molecular complexity index is 1420. The Balaban J connectivity index is 1.87. The van der Waals surface area contributed by atoms with Crippen molar-refractivity contribution < 1.29 is 0 Å². The molecule has 0 aliphatic heterocycles. The van der Waals surface area contributed by atoms with Crippen LogP contribution in [0.25, 0.3) is 44.8 Å². The van der Waals surface area contributed by atoms with Crippen LogP contribution in [0.15, 0.2) is 53.6 Å². The van der Waals surface area contributed by atoms with Crippen LogP contribution in [0.4, 0.5) is 0 Å². The smallest absolute Gasteiger partial charge is 0.209 e. The van der Waals surface area contributed by atoms with E-state index in [1.165, 1.54) is 6.07 Å². The summed E-state index contributed by atoms with van der Waals surface area (Å²) in [6.45, 7) is 1.87. The Morgan fingerprint density at radius 3 is 2.75 bits per heavy atom. The lowest BCUT2D eigenvalue weighted by Crippen LogP contribution is -2.08. The van der Waals surface area contributed by atoms with Crippen LogP contribution >= 0.6 is 0 Å². The van der Waals surface area contributed by atoms with Gasteiger partial charge in [0.1, 0.15) is 17.2 Å². The molecule has 0 radical (unpaired) electrons. The maximum Gasteiger partial charge on any atom is 0.209 e. The van der Waals surface area contributed by atoms with Crippen molar-refractivity contribution in [3.05, 3.63) is 64.8 Å². The first-order valence-corrected chi connectivity index (χ1v) is 8.73. The molecule has 8 heteroatoms. The van der Waals surface area contributed by atoms with E-state index in [1.807, 2.05) is 48.9 Å². The van der Waals surface area contributed by atoms with Gasteiger partial charge in [-0.25, -0.2) is 9.97 Å². The van der Waals surface area contributed by atoms with Gasteiger partial charge in [-0.05, 0) is 25.1 Å². The van der Waals surface area contributed by atoms with E-state index in [0.29, 0.717) is 22.9 Å². The number of hydrogen-bond donors (Lipinski definition) is 1. The van der Waals surface area contributed by atoms with Gasteiger partial charge in [0.2, 0.25) is 5.43 Å². The summed E-state index contributed by atoms with van der Waals surface area (Å²) in [5, 5.41) is 9.38. The number of rotatable bonds is 2. The van der Waals surface area contributed by atoms with Gasteiger partial charge < -0.3 is 9.55 Å². The summed E-state index contributed by atoms with van der Waals surface area (Å²) in [6, 6.07) is 11.2. The molecule has 0 aliphatic rings. The minimum atomic E-state index is -0.189. The molecular weight excluding hydrogens is 354 g/mol. The third-order valence-electron chi connectivity index (χ3n) is 4.76. The maximum absolute atomic E-state index is 12.3. The van der Waals surface area contributed by atoms with E-state index >= 15 is 0 Å². The zero-order valence-corrected chi connectivity index (χ0v) is 15.2. The maximum atomic E-state index is 12.3. The first-order chi connectivity index (χ1) is 13.6. The SMILES string of the molecule is Cc1nnc(-c2nc3[nH]ccc(=O)c3nc2-c2ccc3ncccc3c2)n1C. The van der Waals surface area contributed by atoms with Crippen LogP contribution in [-0.4, -0.2) is 34.7 Å². The molecule has 0 saturated heterocycles. The van der Waals surface area contributed by atoms with Crippen molar-refractivity contribution in [3.63, 3.8) is 0 Å². The van der Waals surface area contributed by atoms with Gasteiger partial charge in [0.15, 0.2) is 17.0 Å². The lowest BCUT2D eigenvalue weighted by molar-refractivity contribution is 0.861. The Kier molecular flexibility index (Phi) is 3.51. The van der Waals surface area contributed by atoms with E-state index in [0.717, 1.165) is 22.3 Å². The minimum absolute atomic E-state index is 0.189. The molecule has 0 bridgehead atoms. The summed E-state index contributed by atoms with van der Waals surface area (Å²) in [5.41, 5.74) is 3.35. The summed E-state index contributed by atoms with van der Waals surface area (Å²) >= 11 is 0. The van der Waals surface area contributed by atoms with E-state index < -0.39 is 0 Å². The molecule has 5 rings (SSSR count). The Hall–Kier alpha value is -3.94. The van der Waals surface area contributed by atoms with Crippen molar-refractivity contribution in [3.8, 4) is 22.8 Å². The number of fused-ring (bicyclic) bond motifs is 2. The Labute approximate surface area is 159 Å². The summed E-state index contributed by atoms with van der Waals surface area (Å²) in [7, 11) is 1.87. The van der Waals surface area contributed by atoms with E-state index in [4.69, 9.17) is 0 Å². The molecule has 0 saturated carbocycles. The number of nitrogens with one attached hydrogen (secondary N) is 1. The molecule has 28 heavy (non-hydrogen) atoms. The first kappa shape index (κ1) is 16.2. The van der Waals surface area contributed by atoms with Gasteiger partial charge in [-0.15, -0.1) is 10.2 Å².